The maximum Gasteiger partial charge on any atom is 0.0216 e. The number of nitrogens with one attached hydrogen (secondary N) is 1. The highest BCUT2D eigenvalue weighted by Crippen LogP contribution is 2.14. The van der Waals surface area contributed by atoms with E-state index in [1.807, 2.05) is 0 Å². The Hall–Kier alpha value is -0.860. The van der Waals surface area contributed by atoms with Crippen LogP contribution in [0.25, 0.3) is 0 Å². The third-order valence-corrected chi connectivity index (χ3v) is 3.27. The second-order valence-corrected chi connectivity index (χ2v) is 5.36. The van der Waals surface area contributed by atoms with Crippen LogP contribution in [0.3, 0.4) is 0 Å². The normalized spacial score (nSPS) is 13.4. The van der Waals surface area contributed by atoms with E-state index < -0.39 is 0 Å². The van der Waals surface area contributed by atoms with Crippen molar-refractivity contribution < 1.29 is 0 Å². The Kier molecular flexibility index (Phi) is 5.66. The summed E-state index contributed by atoms with van der Waals surface area (Å²) in [5, 5.41) is 3.51. The molecule has 2 heteroatoms. The molecule has 0 aliphatic heterocycles. The van der Waals surface area contributed by atoms with E-state index >= 15 is 0 Å². The van der Waals surface area contributed by atoms with Gasteiger partial charge in [0.25, 0.3) is 0 Å². The molecule has 1 unspecified atom stereocenters. The van der Waals surface area contributed by atoms with Gasteiger partial charge >= 0.3 is 0 Å². The molecule has 1 atom stereocenters. The minimum absolute atomic E-state index is 0.403. The van der Waals surface area contributed by atoms with Gasteiger partial charge in [-0.15, -0.1) is 0 Å². The van der Waals surface area contributed by atoms with E-state index in [1.165, 1.54) is 11.1 Å². The number of hydrogen-bond donors (Lipinski definition) is 2. The van der Waals surface area contributed by atoms with Gasteiger partial charge in [-0.05, 0) is 23.0 Å². The Bertz CT molecular complexity index is 314. The number of hydrogen-bond acceptors (Lipinski definition) is 2. The third kappa shape index (κ3) is 4.49. The number of rotatable bonds is 6. The maximum atomic E-state index is 5.74. The molecule has 1 aromatic carbocycles. The Morgan fingerprint density at radius 2 is 1.65 bits per heavy atom. The molecular weight excluding hydrogens is 208 g/mol. The van der Waals surface area contributed by atoms with Gasteiger partial charge in [0.05, 0.1) is 0 Å². The predicted octanol–water partition coefficient (Wildman–Crippen LogP) is 2.88. The zero-order chi connectivity index (χ0) is 12.8. The van der Waals surface area contributed by atoms with Crippen LogP contribution < -0.4 is 11.1 Å². The van der Waals surface area contributed by atoms with Gasteiger partial charge in [-0.1, -0.05) is 52.0 Å². The second-order valence-electron chi connectivity index (χ2n) is 5.36. The van der Waals surface area contributed by atoms with Crippen molar-refractivity contribution in [2.75, 3.05) is 6.54 Å². The van der Waals surface area contributed by atoms with Crippen molar-refractivity contribution in [1.29, 1.82) is 0 Å². The highest BCUT2D eigenvalue weighted by atomic mass is 14.9. The summed E-state index contributed by atoms with van der Waals surface area (Å²) in [7, 11) is 0. The molecule has 3 N–H and O–H groups in total. The average Bonchev–Trinajstić information content (AvgIpc) is 2.30. The van der Waals surface area contributed by atoms with E-state index in [1.54, 1.807) is 0 Å². The zero-order valence-corrected chi connectivity index (χ0v) is 11.5. The van der Waals surface area contributed by atoms with Crippen LogP contribution in [0.4, 0.5) is 0 Å². The summed E-state index contributed by atoms with van der Waals surface area (Å²) < 4.78 is 0. The molecule has 0 saturated heterocycles. The Morgan fingerprint density at radius 3 is 2.06 bits per heavy atom. The predicted molar refractivity (Wildman–Crippen MR) is 75.1 cm³/mol. The van der Waals surface area contributed by atoms with Crippen LogP contribution >= 0.6 is 0 Å². The second kappa shape index (κ2) is 6.77. The van der Waals surface area contributed by atoms with E-state index in [9.17, 15) is 0 Å². The molecule has 0 aromatic heterocycles. The van der Waals surface area contributed by atoms with Crippen LogP contribution in [0.5, 0.6) is 0 Å². The summed E-state index contributed by atoms with van der Waals surface area (Å²) in [6.07, 6.45) is 0. The molecule has 1 rings (SSSR count). The van der Waals surface area contributed by atoms with E-state index in [4.69, 9.17) is 5.73 Å². The summed E-state index contributed by atoms with van der Waals surface area (Å²) in [4.78, 5) is 0. The highest BCUT2D eigenvalue weighted by molar-refractivity contribution is 5.24. The van der Waals surface area contributed by atoms with Gasteiger partial charge in [0.1, 0.15) is 0 Å². The maximum absolute atomic E-state index is 5.74. The van der Waals surface area contributed by atoms with Crippen LogP contribution in [-0.2, 0) is 6.54 Å². The van der Waals surface area contributed by atoms with Crippen LogP contribution in [0.2, 0.25) is 0 Å². The summed E-state index contributed by atoms with van der Waals surface area (Å²) in [5.74, 6) is 1.18. The number of nitrogens with two attached hydrogens (primary N) is 1. The van der Waals surface area contributed by atoms with Crippen LogP contribution in [0, 0.1) is 5.92 Å². The molecule has 0 spiro atoms. The van der Waals surface area contributed by atoms with Crippen LogP contribution in [0.15, 0.2) is 24.3 Å². The van der Waals surface area contributed by atoms with Gasteiger partial charge in [0.15, 0.2) is 0 Å². The van der Waals surface area contributed by atoms with Crippen molar-refractivity contribution in [2.24, 2.45) is 11.7 Å². The standard InChI is InChI=1S/C15H26N2/c1-11(2)14-7-5-13(6-8-14)10-17-15(9-16)12(3)4/h5-8,11-12,15,17H,9-10,16H2,1-4H3. The molecule has 1 aromatic rings. The lowest BCUT2D eigenvalue weighted by molar-refractivity contribution is 0.405. The molecule has 0 saturated carbocycles. The summed E-state index contributed by atoms with van der Waals surface area (Å²) in [5.41, 5.74) is 8.46. The lowest BCUT2D eigenvalue weighted by atomic mass is 10.0. The molecule has 0 fully saturated rings. The highest BCUT2D eigenvalue weighted by Gasteiger charge is 2.10. The number of benzene rings is 1. The van der Waals surface area contributed by atoms with Gasteiger partial charge in [-0.3, -0.25) is 0 Å². The fourth-order valence-electron chi connectivity index (χ4n) is 1.86. The molecule has 2 nitrogen and oxygen atoms in total. The van der Waals surface area contributed by atoms with Gasteiger partial charge < -0.3 is 11.1 Å². The third-order valence-electron chi connectivity index (χ3n) is 3.27. The van der Waals surface area contributed by atoms with Crippen molar-refractivity contribution in [2.45, 2.75) is 46.2 Å². The largest absolute Gasteiger partial charge is 0.329 e. The Morgan fingerprint density at radius 1 is 1.06 bits per heavy atom. The van der Waals surface area contributed by atoms with Crippen molar-refractivity contribution in [3.63, 3.8) is 0 Å². The van der Waals surface area contributed by atoms with Crippen molar-refractivity contribution >= 4 is 0 Å². The molecule has 17 heavy (non-hydrogen) atoms. The zero-order valence-electron chi connectivity index (χ0n) is 11.5. The van der Waals surface area contributed by atoms with Crippen molar-refractivity contribution in [3.8, 4) is 0 Å². The summed E-state index contributed by atoms with van der Waals surface area (Å²) in [6, 6.07) is 9.25. The first-order chi connectivity index (χ1) is 8.04. The minimum atomic E-state index is 0.403. The molecule has 0 aliphatic rings. The van der Waals surface area contributed by atoms with E-state index in [0.29, 0.717) is 24.4 Å². The monoisotopic (exact) mass is 234 g/mol. The molecule has 0 aliphatic carbocycles. The lowest BCUT2D eigenvalue weighted by Gasteiger charge is -2.20. The van der Waals surface area contributed by atoms with E-state index in [0.717, 1.165) is 6.54 Å². The Labute approximate surface area is 106 Å². The van der Waals surface area contributed by atoms with Crippen molar-refractivity contribution in [1.82, 2.24) is 5.32 Å². The fraction of sp³-hybridized carbons (Fsp3) is 0.600. The first kappa shape index (κ1) is 14.2. The molecule has 0 amide bonds. The lowest BCUT2D eigenvalue weighted by Crippen LogP contribution is -2.39. The van der Waals surface area contributed by atoms with Gasteiger partial charge in [0.2, 0.25) is 0 Å². The molecule has 0 heterocycles. The SMILES string of the molecule is CC(C)c1ccc(CNC(CN)C(C)C)cc1. The van der Waals surface area contributed by atoms with E-state index in [-0.39, 0.29) is 0 Å². The first-order valence-electron chi connectivity index (χ1n) is 6.57. The first-order valence-corrected chi connectivity index (χ1v) is 6.57. The molecule has 96 valence electrons. The van der Waals surface area contributed by atoms with Gasteiger partial charge in [-0.25, -0.2) is 0 Å². The van der Waals surface area contributed by atoms with Gasteiger partial charge in [-0.2, -0.15) is 0 Å². The van der Waals surface area contributed by atoms with Crippen LogP contribution in [-0.4, -0.2) is 12.6 Å². The minimum Gasteiger partial charge on any atom is -0.329 e. The Balaban J connectivity index is 2.52. The smallest absolute Gasteiger partial charge is 0.0216 e. The fourth-order valence-corrected chi connectivity index (χ4v) is 1.86. The summed E-state index contributed by atoms with van der Waals surface area (Å²) >= 11 is 0. The van der Waals surface area contributed by atoms with Crippen molar-refractivity contribution in [3.05, 3.63) is 35.4 Å². The van der Waals surface area contributed by atoms with Crippen LogP contribution in [0.1, 0.15) is 44.7 Å². The quantitative estimate of drug-likeness (QED) is 0.794. The topological polar surface area (TPSA) is 38.0 Å². The average molecular weight is 234 g/mol. The summed E-state index contributed by atoms with van der Waals surface area (Å²) in [6.45, 7) is 10.4. The van der Waals surface area contributed by atoms with Gasteiger partial charge in [0, 0.05) is 19.1 Å². The molecular formula is C15H26N2. The molecule has 0 radical (unpaired) electrons. The van der Waals surface area contributed by atoms with E-state index in [2.05, 4.69) is 57.3 Å². The molecule has 0 bridgehead atoms.